The molecule has 0 radical (unpaired) electrons. The highest BCUT2D eigenvalue weighted by molar-refractivity contribution is 5.69. The number of para-hydroxylation sites is 1. The van der Waals surface area contributed by atoms with E-state index in [-0.39, 0.29) is 12.1 Å². The van der Waals surface area contributed by atoms with E-state index in [1.54, 1.807) is 0 Å². The van der Waals surface area contributed by atoms with Crippen molar-refractivity contribution >= 4 is 11.8 Å². The van der Waals surface area contributed by atoms with Crippen LogP contribution < -0.4 is 10.6 Å². The van der Waals surface area contributed by atoms with Crippen molar-refractivity contribution in [2.75, 3.05) is 5.32 Å². The van der Waals surface area contributed by atoms with Gasteiger partial charge in [0.25, 0.3) is 0 Å². The van der Waals surface area contributed by atoms with E-state index in [1.807, 2.05) is 20.8 Å². The van der Waals surface area contributed by atoms with Crippen LogP contribution in [0.3, 0.4) is 0 Å². The van der Waals surface area contributed by atoms with Crippen LogP contribution in [0.15, 0.2) is 24.3 Å². The second-order valence-electron chi connectivity index (χ2n) is 7.05. The van der Waals surface area contributed by atoms with Gasteiger partial charge in [-0.2, -0.15) is 0 Å². The largest absolute Gasteiger partial charge is 0.444 e. The first-order valence-electron chi connectivity index (χ1n) is 7.79. The minimum Gasteiger partial charge on any atom is -0.444 e. The van der Waals surface area contributed by atoms with Gasteiger partial charge in [-0.1, -0.05) is 24.6 Å². The van der Waals surface area contributed by atoms with Gasteiger partial charge in [0.1, 0.15) is 5.60 Å². The predicted molar refractivity (Wildman–Crippen MR) is 83.6 cm³/mol. The number of alkyl carbamates (subject to hydrolysis) is 1. The second kappa shape index (κ2) is 5.24. The van der Waals surface area contributed by atoms with E-state index in [9.17, 15) is 4.79 Å². The molecule has 0 saturated heterocycles. The zero-order chi connectivity index (χ0) is 15.0. The number of rotatable bonds is 1. The van der Waals surface area contributed by atoms with Crippen LogP contribution in [-0.2, 0) is 4.74 Å². The number of benzene rings is 1. The molecule has 1 saturated carbocycles. The van der Waals surface area contributed by atoms with Gasteiger partial charge in [-0.15, -0.1) is 0 Å². The Hall–Kier alpha value is -1.71. The molecule has 4 heteroatoms. The van der Waals surface area contributed by atoms with Gasteiger partial charge in [0.05, 0.1) is 6.04 Å². The Labute approximate surface area is 126 Å². The van der Waals surface area contributed by atoms with Crippen LogP contribution in [-0.4, -0.2) is 23.8 Å². The highest BCUT2D eigenvalue weighted by atomic mass is 16.6. The van der Waals surface area contributed by atoms with E-state index < -0.39 is 5.60 Å². The van der Waals surface area contributed by atoms with Gasteiger partial charge in [-0.05, 0) is 45.2 Å². The smallest absolute Gasteiger partial charge is 0.407 e. The fourth-order valence-corrected chi connectivity index (χ4v) is 3.50. The van der Waals surface area contributed by atoms with Gasteiger partial charge >= 0.3 is 6.09 Å². The maximum atomic E-state index is 12.1. The number of fused-ring (bicyclic) bond motifs is 4. The number of carbonyl (C=O) groups is 1. The number of nitrogens with one attached hydrogen (secondary N) is 2. The van der Waals surface area contributed by atoms with E-state index in [0.29, 0.717) is 12.0 Å². The molecule has 1 aromatic carbocycles. The van der Waals surface area contributed by atoms with Gasteiger partial charge in [-0.25, -0.2) is 4.79 Å². The van der Waals surface area contributed by atoms with Crippen LogP contribution in [0.1, 0.15) is 51.5 Å². The van der Waals surface area contributed by atoms with E-state index in [0.717, 1.165) is 12.8 Å². The first kappa shape index (κ1) is 14.2. The average molecular weight is 288 g/mol. The monoisotopic (exact) mass is 288 g/mol. The van der Waals surface area contributed by atoms with Crippen molar-refractivity contribution in [3.05, 3.63) is 29.8 Å². The van der Waals surface area contributed by atoms with Gasteiger partial charge < -0.3 is 15.4 Å². The Kier molecular flexibility index (Phi) is 3.56. The molecule has 1 amide bonds. The Morgan fingerprint density at radius 3 is 2.81 bits per heavy atom. The lowest BCUT2D eigenvalue weighted by molar-refractivity contribution is 0.0477. The molecule has 1 unspecified atom stereocenters. The fraction of sp³-hybridized carbons (Fsp3) is 0.588. The molecule has 3 rings (SSSR count). The molecule has 1 aliphatic carbocycles. The van der Waals surface area contributed by atoms with Crippen LogP contribution in [0, 0.1) is 0 Å². The number of hydrogen-bond acceptors (Lipinski definition) is 3. The Morgan fingerprint density at radius 1 is 1.29 bits per heavy atom. The van der Waals surface area contributed by atoms with Gasteiger partial charge in [-0.3, -0.25) is 0 Å². The molecule has 2 N–H and O–H groups in total. The number of hydrogen-bond donors (Lipinski definition) is 2. The molecular formula is C17H24N2O2. The van der Waals surface area contributed by atoms with Crippen molar-refractivity contribution in [3.8, 4) is 0 Å². The third kappa shape index (κ3) is 2.99. The third-order valence-corrected chi connectivity index (χ3v) is 4.28. The molecule has 114 valence electrons. The number of amides is 1. The topological polar surface area (TPSA) is 50.4 Å². The molecule has 21 heavy (non-hydrogen) atoms. The van der Waals surface area contributed by atoms with Crippen LogP contribution in [0.25, 0.3) is 0 Å². The fourth-order valence-electron chi connectivity index (χ4n) is 3.50. The van der Waals surface area contributed by atoms with E-state index in [4.69, 9.17) is 4.74 Å². The van der Waals surface area contributed by atoms with E-state index in [1.165, 1.54) is 17.7 Å². The Morgan fingerprint density at radius 2 is 2.05 bits per heavy atom. The molecule has 2 bridgehead atoms. The van der Waals surface area contributed by atoms with Crippen molar-refractivity contribution in [2.45, 2.75) is 63.6 Å². The molecule has 3 atom stereocenters. The summed E-state index contributed by atoms with van der Waals surface area (Å²) in [6.45, 7) is 5.67. The zero-order valence-corrected chi connectivity index (χ0v) is 13.0. The summed E-state index contributed by atoms with van der Waals surface area (Å²) in [4.78, 5) is 12.1. The zero-order valence-electron chi connectivity index (χ0n) is 13.0. The second-order valence-corrected chi connectivity index (χ2v) is 7.05. The lowest BCUT2D eigenvalue weighted by Gasteiger charge is -2.44. The predicted octanol–water partition coefficient (Wildman–Crippen LogP) is 3.64. The number of carbonyl (C=O) groups excluding carboxylic acids is 1. The van der Waals surface area contributed by atoms with Crippen molar-refractivity contribution in [1.82, 2.24) is 5.32 Å². The average Bonchev–Trinajstić information content (AvgIpc) is 2.37. The van der Waals surface area contributed by atoms with E-state index in [2.05, 4.69) is 34.9 Å². The minimum absolute atomic E-state index is 0.114. The van der Waals surface area contributed by atoms with Gasteiger partial charge in [0.15, 0.2) is 0 Å². The minimum atomic E-state index is -0.459. The molecule has 0 aromatic heterocycles. The quantitative estimate of drug-likeness (QED) is 0.829. The Bertz CT molecular complexity index is 536. The first-order valence-corrected chi connectivity index (χ1v) is 7.79. The summed E-state index contributed by atoms with van der Waals surface area (Å²) in [5.74, 6) is 0.383. The molecule has 4 nitrogen and oxygen atoms in total. The SMILES string of the molecule is CC(C)(C)OC(=O)NC1[C@@H]2CCC[C@@H]1c1ccccc1N2. The summed E-state index contributed by atoms with van der Waals surface area (Å²) < 4.78 is 5.42. The molecule has 0 spiro atoms. The molecular weight excluding hydrogens is 264 g/mol. The third-order valence-electron chi connectivity index (χ3n) is 4.28. The van der Waals surface area contributed by atoms with Crippen molar-refractivity contribution in [1.29, 1.82) is 0 Å². The standard InChI is InChI=1S/C17H24N2O2/c1-17(2,3)21-16(20)19-15-12-8-6-10-14(15)18-13-9-5-4-7-11(12)13/h4-5,7,9,12,14-15,18H,6,8,10H2,1-3H3,(H,19,20)/t12-,14+,15?/m1/s1. The van der Waals surface area contributed by atoms with Crippen LogP contribution in [0.5, 0.6) is 0 Å². The summed E-state index contributed by atoms with van der Waals surface area (Å²) in [7, 11) is 0. The summed E-state index contributed by atoms with van der Waals surface area (Å²) >= 11 is 0. The maximum Gasteiger partial charge on any atom is 0.407 e. The number of anilines is 1. The van der Waals surface area contributed by atoms with E-state index >= 15 is 0 Å². The van der Waals surface area contributed by atoms with Crippen LogP contribution in [0.4, 0.5) is 10.5 Å². The van der Waals surface area contributed by atoms with Crippen molar-refractivity contribution < 1.29 is 9.53 Å². The summed E-state index contributed by atoms with van der Waals surface area (Å²) in [5.41, 5.74) is 2.07. The lowest BCUT2D eigenvalue weighted by atomic mass is 9.74. The highest BCUT2D eigenvalue weighted by Crippen LogP contribution is 2.42. The molecule has 1 heterocycles. The van der Waals surface area contributed by atoms with Gasteiger partial charge in [0.2, 0.25) is 0 Å². The van der Waals surface area contributed by atoms with Crippen LogP contribution in [0.2, 0.25) is 0 Å². The van der Waals surface area contributed by atoms with Crippen LogP contribution >= 0.6 is 0 Å². The Balaban J connectivity index is 1.79. The molecule has 2 aliphatic rings. The van der Waals surface area contributed by atoms with Crippen molar-refractivity contribution in [2.24, 2.45) is 0 Å². The summed E-state index contributed by atoms with van der Waals surface area (Å²) in [6, 6.07) is 8.83. The summed E-state index contributed by atoms with van der Waals surface area (Å²) in [5, 5.41) is 6.67. The van der Waals surface area contributed by atoms with Crippen molar-refractivity contribution in [3.63, 3.8) is 0 Å². The number of ether oxygens (including phenoxy) is 1. The van der Waals surface area contributed by atoms with Gasteiger partial charge in [0, 0.05) is 17.6 Å². The summed E-state index contributed by atoms with van der Waals surface area (Å²) in [6.07, 6.45) is 3.09. The first-order chi connectivity index (χ1) is 9.94. The normalized spacial score (nSPS) is 27.3. The maximum absolute atomic E-state index is 12.1. The lowest BCUT2D eigenvalue weighted by Crippen LogP contribution is -2.55. The highest BCUT2D eigenvalue weighted by Gasteiger charge is 2.40. The molecule has 1 aromatic rings. The molecule has 1 fully saturated rings. The molecule has 1 aliphatic heterocycles.